The quantitative estimate of drug-likeness (QED) is 0.586. The number of carbonyl (C=O) groups is 2. The lowest BCUT2D eigenvalue weighted by Gasteiger charge is -2.02. The van der Waals surface area contributed by atoms with Crippen molar-refractivity contribution >= 4 is 23.4 Å². The lowest BCUT2D eigenvalue weighted by Crippen LogP contribution is -2.12. The molecule has 0 atom stereocenters. The molecule has 86 valence electrons. The standard InChI is InChI=1S/C12H13ClO3/c1-2-16-12(15)8-11(14)7-9-4-3-5-10(13)6-9/h3-6H,2,7-8H2,1H3. The van der Waals surface area contributed by atoms with Gasteiger partial charge in [0.15, 0.2) is 0 Å². The van der Waals surface area contributed by atoms with Crippen molar-refractivity contribution in [1.29, 1.82) is 0 Å². The van der Waals surface area contributed by atoms with Crippen molar-refractivity contribution in [1.82, 2.24) is 0 Å². The Morgan fingerprint density at radius 1 is 1.38 bits per heavy atom. The number of ketones is 1. The van der Waals surface area contributed by atoms with E-state index in [1.165, 1.54) is 0 Å². The van der Waals surface area contributed by atoms with Gasteiger partial charge in [0.25, 0.3) is 0 Å². The normalized spacial score (nSPS) is 9.88. The molecular formula is C12H13ClO3. The zero-order chi connectivity index (χ0) is 12.0. The number of benzene rings is 1. The molecule has 0 spiro atoms. The van der Waals surface area contributed by atoms with Crippen LogP contribution in [0.1, 0.15) is 18.9 Å². The molecule has 0 radical (unpaired) electrons. The molecule has 16 heavy (non-hydrogen) atoms. The Morgan fingerprint density at radius 2 is 2.12 bits per heavy atom. The molecule has 0 unspecified atom stereocenters. The molecule has 0 aliphatic heterocycles. The zero-order valence-electron chi connectivity index (χ0n) is 9.03. The van der Waals surface area contributed by atoms with Gasteiger partial charge in [-0.05, 0) is 24.6 Å². The van der Waals surface area contributed by atoms with Crippen molar-refractivity contribution in [2.24, 2.45) is 0 Å². The van der Waals surface area contributed by atoms with Gasteiger partial charge in [0, 0.05) is 11.4 Å². The molecule has 0 heterocycles. The highest BCUT2D eigenvalue weighted by Gasteiger charge is 2.10. The molecule has 0 saturated carbocycles. The van der Waals surface area contributed by atoms with Crippen molar-refractivity contribution in [3.63, 3.8) is 0 Å². The highest BCUT2D eigenvalue weighted by Crippen LogP contribution is 2.11. The van der Waals surface area contributed by atoms with Crippen molar-refractivity contribution in [3.8, 4) is 0 Å². The van der Waals surface area contributed by atoms with Crippen LogP contribution in [0.15, 0.2) is 24.3 Å². The van der Waals surface area contributed by atoms with Crippen molar-refractivity contribution < 1.29 is 14.3 Å². The lowest BCUT2D eigenvalue weighted by molar-refractivity contribution is -0.145. The van der Waals surface area contributed by atoms with E-state index in [-0.39, 0.29) is 18.6 Å². The SMILES string of the molecule is CCOC(=O)CC(=O)Cc1cccc(Cl)c1. The smallest absolute Gasteiger partial charge is 0.313 e. The number of halogens is 1. The van der Waals surface area contributed by atoms with Crippen molar-refractivity contribution in [2.75, 3.05) is 6.61 Å². The van der Waals surface area contributed by atoms with E-state index in [2.05, 4.69) is 4.74 Å². The summed E-state index contributed by atoms with van der Waals surface area (Å²) in [6, 6.07) is 7.02. The zero-order valence-corrected chi connectivity index (χ0v) is 9.79. The average Bonchev–Trinajstić information content (AvgIpc) is 2.17. The van der Waals surface area contributed by atoms with Gasteiger partial charge in [0.05, 0.1) is 6.61 Å². The van der Waals surface area contributed by atoms with Gasteiger partial charge in [0.1, 0.15) is 12.2 Å². The number of rotatable bonds is 5. The predicted molar refractivity (Wildman–Crippen MR) is 61.4 cm³/mol. The van der Waals surface area contributed by atoms with E-state index in [1.54, 1.807) is 31.2 Å². The maximum atomic E-state index is 11.5. The first-order chi connectivity index (χ1) is 7.61. The number of ether oxygens (including phenoxy) is 1. The summed E-state index contributed by atoms with van der Waals surface area (Å²) in [5.41, 5.74) is 0.807. The molecule has 0 amide bonds. The van der Waals surface area contributed by atoms with Crippen LogP contribution in [-0.2, 0) is 20.7 Å². The van der Waals surface area contributed by atoms with Crippen LogP contribution in [-0.4, -0.2) is 18.4 Å². The topological polar surface area (TPSA) is 43.4 Å². The third-order valence-electron chi connectivity index (χ3n) is 1.94. The minimum absolute atomic E-state index is 0.166. The van der Waals surface area contributed by atoms with Crippen LogP contribution in [0.5, 0.6) is 0 Å². The van der Waals surface area contributed by atoms with E-state index in [1.807, 2.05) is 0 Å². The van der Waals surface area contributed by atoms with Crippen LogP contribution in [0.25, 0.3) is 0 Å². The molecular weight excluding hydrogens is 228 g/mol. The Labute approximate surface area is 99.4 Å². The van der Waals surface area contributed by atoms with Crippen LogP contribution in [0.2, 0.25) is 5.02 Å². The van der Waals surface area contributed by atoms with Gasteiger partial charge in [-0.25, -0.2) is 0 Å². The monoisotopic (exact) mass is 240 g/mol. The summed E-state index contributed by atoms with van der Waals surface area (Å²) >= 11 is 5.78. The van der Waals surface area contributed by atoms with E-state index < -0.39 is 5.97 Å². The summed E-state index contributed by atoms with van der Waals surface area (Å²) < 4.78 is 4.69. The summed E-state index contributed by atoms with van der Waals surface area (Å²) in [4.78, 5) is 22.5. The fourth-order valence-corrected chi connectivity index (χ4v) is 1.52. The molecule has 1 aromatic rings. The molecule has 0 aliphatic carbocycles. The molecule has 0 aromatic heterocycles. The van der Waals surface area contributed by atoms with Gasteiger partial charge in [0.2, 0.25) is 0 Å². The molecule has 0 saturated heterocycles. The van der Waals surface area contributed by atoms with Crippen LogP contribution >= 0.6 is 11.6 Å². The van der Waals surface area contributed by atoms with Crippen molar-refractivity contribution in [3.05, 3.63) is 34.9 Å². The first kappa shape index (κ1) is 12.7. The average molecular weight is 241 g/mol. The largest absolute Gasteiger partial charge is 0.466 e. The maximum absolute atomic E-state index is 11.5. The third-order valence-corrected chi connectivity index (χ3v) is 2.17. The minimum atomic E-state index is -0.477. The van der Waals surface area contributed by atoms with Crippen LogP contribution < -0.4 is 0 Å². The van der Waals surface area contributed by atoms with E-state index >= 15 is 0 Å². The molecule has 0 aliphatic rings. The molecule has 1 aromatic carbocycles. The lowest BCUT2D eigenvalue weighted by atomic mass is 10.1. The first-order valence-corrected chi connectivity index (χ1v) is 5.41. The summed E-state index contributed by atoms with van der Waals surface area (Å²) in [5, 5.41) is 0.585. The third kappa shape index (κ3) is 4.45. The van der Waals surface area contributed by atoms with E-state index in [0.717, 1.165) is 5.56 Å². The number of hydrogen-bond acceptors (Lipinski definition) is 3. The number of Topliss-reactive ketones (excluding diaryl/α,β-unsaturated/α-hetero) is 1. The van der Waals surface area contributed by atoms with Crippen LogP contribution in [0.3, 0.4) is 0 Å². The summed E-state index contributed by atoms with van der Waals surface area (Å²) in [5.74, 6) is -0.643. The first-order valence-electron chi connectivity index (χ1n) is 5.03. The fraction of sp³-hybridized carbons (Fsp3) is 0.333. The fourth-order valence-electron chi connectivity index (χ4n) is 1.31. The van der Waals surface area contributed by atoms with E-state index in [0.29, 0.717) is 11.6 Å². The highest BCUT2D eigenvalue weighted by atomic mass is 35.5. The van der Waals surface area contributed by atoms with Gasteiger partial charge in [-0.1, -0.05) is 23.7 Å². The van der Waals surface area contributed by atoms with Crippen LogP contribution in [0, 0.1) is 0 Å². The Balaban J connectivity index is 2.48. The Hall–Kier alpha value is -1.35. The molecule has 4 heteroatoms. The van der Waals surface area contributed by atoms with Gasteiger partial charge in [-0.2, -0.15) is 0 Å². The van der Waals surface area contributed by atoms with E-state index in [4.69, 9.17) is 11.6 Å². The summed E-state index contributed by atoms with van der Waals surface area (Å²) in [6.07, 6.45) is 0.0275. The second-order valence-electron chi connectivity index (χ2n) is 3.33. The highest BCUT2D eigenvalue weighted by molar-refractivity contribution is 6.30. The Morgan fingerprint density at radius 3 is 2.75 bits per heavy atom. The second kappa shape index (κ2) is 6.28. The summed E-state index contributed by atoms with van der Waals surface area (Å²) in [6.45, 7) is 2.00. The number of hydrogen-bond donors (Lipinski definition) is 0. The predicted octanol–water partition coefficient (Wildman–Crippen LogP) is 2.40. The van der Waals surface area contributed by atoms with Crippen molar-refractivity contribution in [2.45, 2.75) is 19.8 Å². The Bertz CT molecular complexity index is 388. The maximum Gasteiger partial charge on any atom is 0.313 e. The number of esters is 1. The molecule has 0 N–H and O–H groups in total. The molecule has 0 bridgehead atoms. The second-order valence-corrected chi connectivity index (χ2v) is 3.76. The van der Waals surface area contributed by atoms with E-state index in [9.17, 15) is 9.59 Å². The van der Waals surface area contributed by atoms with Gasteiger partial charge in [-0.3, -0.25) is 9.59 Å². The van der Waals surface area contributed by atoms with Gasteiger partial charge in [-0.15, -0.1) is 0 Å². The molecule has 1 rings (SSSR count). The van der Waals surface area contributed by atoms with Crippen LogP contribution in [0.4, 0.5) is 0 Å². The molecule has 0 fully saturated rings. The summed E-state index contributed by atoms with van der Waals surface area (Å²) in [7, 11) is 0. The Kier molecular flexibility index (Phi) is 4.99. The van der Waals surface area contributed by atoms with Gasteiger partial charge >= 0.3 is 5.97 Å². The number of carbonyl (C=O) groups excluding carboxylic acids is 2. The van der Waals surface area contributed by atoms with Gasteiger partial charge < -0.3 is 4.74 Å². The molecule has 3 nitrogen and oxygen atoms in total. The minimum Gasteiger partial charge on any atom is -0.466 e.